The number of nitrogens with zero attached hydrogens (tertiary/aromatic N) is 4. The molecule has 0 aromatic carbocycles. The first-order valence-corrected chi connectivity index (χ1v) is 7.45. The average molecular weight is 303 g/mol. The molecule has 2 aromatic heterocycles. The van der Waals surface area contributed by atoms with Crippen molar-refractivity contribution >= 4 is 18.1 Å². The highest BCUT2D eigenvalue weighted by atomic mass is 32.1. The van der Waals surface area contributed by atoms with E-state index in [-0.39, 0.29) is 11.9 Å². The molecule has 0 bridgehead atoms. The van der Waals surface area contributed by atoms with Crippen LogP contribution in [0, 0.1) is 4.77 Å². The molecular formula is C14H17N5OS. The molecular weight excluding hydrogens is 286 g/mol. The minimum atomic E-state index is -0.363. The van der Waals surface area contributed by atoms with Gasteiger partial charge in [-0.1, -0.05) is 0 Å². The van der Waals surface area contributed by atoms with Gasteiger partial charge in [0.2, 0.25) is 5.91 Å². The molecule has 110 valence electrons. The Labute approximate surface area is 127 Å². The van der Waals surface area contributed by atoms with Gasteiger partial charge in [0.25, 0.3) is 0 Å². The number of likely N-dealkylation sites (tertiary alicyclic amines) is 1. The maximum absolute atomic E-state index is 12.6. The topological polar surface area (TPSA) is 66.8 Å². The number of H-pyrrole nitrogens is 1. The number of amides is 1. The zero-order chi connectivity index (χ0) is 14.8. The van der Waals surface area contributed by atoms with Crippen molar-refractivity contribution in [1.29, 1.82) is 0 Å². The smallest absolute Gasteiger partial charge is 0.245 e. The standard InChI is InChI=1S/C14H17N5OS/c1-10(13(20)18-8-2-3-9-18)19-12(16-17-14(19)21)11-4-6-15-7-5-11/h4-7,10H,2-3,8-9H2,1H3,(H,17,21). The van der Waals surface area contributed by atoms with Gasteiger partial charge < -0.3 is 4.90 Å². The van der Waals surface area contributed by atoms with E-state index in [1.165, 1.54) is 0 Å². The van der Waals surface area contributed by atoms with Gasteiger partial charge in [0.1, 0.15) is 6.04 Å². The normalized spacial score (nSPS) is 16.1. The van der Waals surface area contributed by atoms with Crippen molar-refractivity contribution in [3.8, 4) is 11.4 Å². The number of pyridine rings is 1. The molecule has 1 aliphatic rings. The molecule has 6 nitrogen and oxygen atoms in total. The molecule has 1 atom stereocenters. The van der Waals surface area contributed by atoms with Crippen LogP contribution in [0.5, 0.6) is 0 Å². The minimum absolute atomic E-state index is 0.0975. The van der Waals surface area contributed by atoms with Crippen molar-refractivity contribution in [3.63, 3.8) is 0 Å². The Morgan fingerprint density at radius 2 is 2.00 bits per heavy atom. The Hall–Kier alpha value is -2.02. The van der Waals surface area contributed by atoms with Gasteiger partial charge in [-0.05, 0) is 44.1 Å². The van der Waals surface area contributed by atoms with Crippen LogP contribution in [0.15, 0.2) is 24.5 Å². The Bertz CT molecular complexity index is 687. The molecule has 3 rings (SSSR count). The zero-order valence-electron chi connectivity index (χ0n) is 11.8. The molecule has 1 amide bonds. The average Bonchev–Trinajstić information content (AvgIpc) is 3.16. The van der Waals surface area contributed by atoms with E-state index in [1.807, 2.05) is 24.0 Å². The number of rotatable bonds is 3. The summed E-state index contributed by atoms with van der Waals surface area (Å²) in [5, 5.41) is 7.05. The predicted octanol–water partition coefficient (Wildman–Crippen LogP) is 2.19. The highest BCUT2D eigenvalue weighted by Gasteiger charge is 2.27. The number of hydrogen-bond acceptors (Lipinski definition) is 4. The fraction of sp³-hybridized carbons (Fsp3) is 0.429. The molecule has 0 saturated carbocycles. The van der Waals surface area contributed by atoms with Crippen LogP contribution in [0.3, 0.4) is 0 Å². The van der Waals surface area contributed by atoms with Gasteiger partial charge in [-0.25, -0.2) is 0 Å². The molecule has 1 fully saturated rings. The van der Waals surface area contributed by atoms with Crippen molar-refractivity contribution in [3.05, 3.63) is 29.3 Å². The number of carbonyl (C=O) groups is 1. The third kappa shape index (κ3) is 2.61. The quantitative estimate of drug-likeness (QED) is 0.883. The fourth-order valence-electron chi connectivity index (χ4n) is 2.68. The SMILES string of the molecule is CC(C(=O)N1CCCC1)n1c(-c2ccncc2)n[nH]c1=S. The van der Waals surface area contributed by atoms with Gasteiger partial charge in [0, 0.05) is 31.0 Å². The fourth-order valence-corrected chi connectivity index (χ4v) is 2.97. The molecule has 0 aliphatic carbocycles. The van der Waals surface area contributed by atoms with Crippen molar-refractivity contribution in [2.24, 2.45) is 0 Å². The van der Waals surface area contributed by atoms with E-state index in [2.05, 4.69) is 15.2 Å². The number of hydrogen-bond donors (Lipinski definition) is 1. The summed E-state index contributed by atoms with van der Waals surface area (Å²) in [7, 11) is 0. The first-order chi connectivity index (χ1) is 10.2. The predicted molar refractivity (Wildman–Crippen MR) is 81.2 cm³/mol. The van der Waals surface area contributed by atoms with Crippen molar-refractivity contribution in [1.82, 2.24) is 24.6 Å². The summed E-state index contributed by atoms with van der Waals surface area (Å²) in [5.41, 5.74) is 0.887. The molecule has 21 heavy (non-hydrogen) atoms. The van der Waals surface area contributed by atoms with Crippen LogP contribution in [-0.2, 0) is 4.79 Å². The van der Waals surface area contributed by atoms with Crippen molar-refractivity contribution < 1.29 is 4.79 Å². The van der Waals surface area contributed by atoms with E-state index in [4.69, 9.17) is 12.2 Å². The van der Waals surface area contributed by atoms with Gasteiger partial charge in [-0.15, -0.1) is 0 Å². The number of nitrogens with one attached hydrogen (secondary N) is 1. The first kappa shape index (κ1) is 13.9. The second kappa shape index (κ2) is 5.77. The molecule has 1 aliphatic heterocycles. The van der Waals surface area contributed by atoms with E-state index in [0.29, 0.717) is 10.6 Å². The van der Waals surface area contributed by atoms with Crippen LogP contribution in [0.25, 0.3) is 11.4 Å². The summed E-state index contributed by atoms with van der Waals surface area (Å²) in [6, 6.07) is 3.35. The Kier molecular flexibility index (Phi) is 3.83. The van der Waals surface area contributed by atoms with Crippen LogP contribution in [-0.4, -0.2) is 43.6 Å². The molecule has 0 radical (unpaired) electrons. The third-order valence-corrected chi connectivity index (χ3v) is 4.09. The molecule has 3 heterocycles. The van der Waals surface area contributed by atoms with E-state index in [0.717, 1.165) is 31.5 Å². The summed E-state index contributed by atoms with van der Waals surface area (Å²) < 4.78 is 2.24. The third-order valence-electron chi connectivity index (χ3n) is 3.81. The highest BCUT2D eigenvalue weighted by Crippen LogP contribution is 2.23. The van der Waals surface area contributed by atoms with Crippen LogP contribution in [0.1, 0.15) is 25.8 Å². The van der Waals surface area contributed by atoms with Crippen LogP contribution in [0.2, 0.25) is 0 Å². The monoisotopic (exact) mass is 303 g/mol. The lowest BCUT2D eigenvalue weighted by Crippen LogP contribution is -2.34. The molecule has 7 heteroatoms. The molecule has 2 aromatic rings. The zero-order valence-corrected chi connectivity index (χ0v) is 12.6. The van der Waals surface area contributed by atoms with Gasteiger partial charge in [0.15, 0.2) is 10.6 Å². The Morgan fingerprint density at radius 3 is 2.67 bits per heavy atom. The number of aromatic amines is 1. The summed E-state index contributed by atoms with van der Waals surface area (Å²) in [6.45, 7) is 3.54. The van der Waals surface area contributed by atoms with Gasteiger partial charge in [-0.3, -0.25) is 19.4 Å². The highest BCUT2D eigenvalue weighted by molar-refractivity contribution is 7.71. The lowest BCUT2D eigenvalue weighted by atomic mass is 10.2. The Balaban J connectivity index is 1.96. The van der Waals surface area contributed by atoms with Crippen LogP contribution >= 0.6 is 12.2 Å². The number of aromatic nitrogens is 4. The second-order valence-corrected chi connectivity index (χ2v) is 5.55. The number of carbonyl (C=O) groups excluding carboxylic acids is 1. The van der Waals surface area contributed by atoms with Gasteiger partial charge in [-0.2, -0.15) is 5.10 Å². The molecule has 1 saturated heterocycles. The lowest BCUT2D eigenvalue weighted by molar-refractivity contribution is -0.133. The maximum atomic E-state index is 12.6. The van der Waals surface area contributed by atoms with Crippen molar-refractivity contribution in [2.45, 2.75) is 25.8 Å². The van der Waals surface area contributed by atoms with E-state index >= 15 is 0 Å². The minimum Gasteiger partial charge on any atom is -0.341 e. The van der Waals surface area contributed by atoms with Crippen LogP contribution in [0.4, 0.5) is 0 Å². The maximum Gasteiger partial charge on any atom is 0.245 e. The Morgan fingerprint density at radius 1 is 1.33 bits per heavy atom. The second-order valence-electron chi connectivity index (χ2n) is 5.17. The van der Waals surface area contributed by atoms with Gasteiger partial charge >= 0.3 is 0 Å². The van der Waals surface area contributed by atoms with Gasteiger partial charge in [0.05, 0.1) is 0 Å². The summed E-state index contributed by atoms with van der Waals surface area (Å²) in [6.07, 6.45) is 5.55. The van der Waals surface area contributed by atoms with Crippen LogP contribution < -0.4 is 0 Å². The largest absolute Gasteiger partial charge is 0.341 e. The molecule has 1 unspecified atom stereocenters. The van der Waals surface area contributed by atoms with E-state index in [9.17, 15) is 4.79 Å². The summed E-state index contributed by atoms with van der Waals surface area (Å²) in [4.78, 5) is 18.5. The summed E-state index contributed by atoms with van der Waals surface area (Å²) in [5.74, 6) is 0.766. The summed E-state index contributed by atoms with van der Waals surface area (Å²) >= 11 is 5.30. The van der Waals surface area contributed by atoms with E-state index in [1.54, 1.807) is 17.0 Å². The van der Waals surface area contributed by atoms with E-state index < -0.39 is 0 Å². The molecule has 1 N–H and O–H groups in total. The van der Waals surface area contributed by atoms with Crippen molar-refractivity contribution in [2.75, 3.05) is 13.1 Å². The lowest BCUT2D eigenvalue weighted by Gasteiger charge is -2.22. The first-order valence-electron chi connectivity index (χ1n) is 7.04. The molecule has 0 spiro atoms.